The van der Waals surface area contributed by atoms with Crippen LogP contribution in [0.25, 0.3) is 0 Å². The van der Waals surface area contributed by atoms with Gasteiger partial charge in [0, 0.05) is 12.2 Å². The van der Waals surface area contributed by atoms with Gasteiger partial charge < -0.3 is 10.1 Å². The monoisotopic (exact) mass is 221 g/mol. The molecule has 1 rings (SSSR count). The molecule has 0 aliphatic carbocycles. The first-order valence-electron chi connectivity index (χ1n) is 5.68. The summed E-state index contributed by atoms with van der Waals surface area (Å²) in [5.41, 5.74) is 1.62. The number of carbonyl (C=O) groups excluding carboxylic acids is 1. The summed E-state index contributed by atoms with van der Waals surface area (Å²) in [6.45, 7) is 6.74. The van der Waals surface area contributed by atoms with E-state index in [2.05, 4.69) is 12.2 Å². The van der Waals surface area contributed by atoms with Crippen LogP contribution in [0.5, 0.6) is 0 Å². The Morgan fingerprint density at radius 2 is 1.94 bits per heavy atom. The minimum absolute atomic E-state index is 0.0783. The lowest BCUT2D eigenvalue weighted by atomic mass is 10.2. The fraction of sp³-hybridized carbons (Fsp3) is 0.462. The summed E-state index contributed by atoms with van der Waals surface area (Å²) in [4.78, 5) is 11.5. The van der Waals surface area contributed by atoms with Crippen molar-refractivity contribution in [2.45, 2.75) is 33.3 Å². The van der Waals surface area contributed by atoms with Gasteiger partial charge in [-0.3, -0.25) is 0 Å². The molecule has 88 valence electrons. The number of hydrogen-bond acceptors (Lipinski definition) is 3. The SMILES string of the molecule is CCCNc1ccc(C(=O)OC(C)C)cc1. The Bertz CT molecular complexity index is 330. The van der Waals surface area contributed by atoms with Crippen LogP contribution in [0.3, 0.4) is 0 Å². The molecule has 0 heterocycles. The zero-order chi connectivity index (χ0) is 12.0. The van der Waals surface area contributed by atoms with E-state index in [1.807, 2.05) is 26.0 Å². The van der Waals surface area contributed by atoms with Gasteiger partial charge in [-0.1, -0.05) is 6.92 Å². The van der Waals surface area contributed by atoms with Gasteiger partial charge in [-0.05, 0) is 44.5 Å². The molecule has 0 saturated heterocycles. The van der Waals surface area contributed by atoms with Crippen LogP contribution in [0, 0.1) is 0 Å². The first kappa shape index (κ1) is 12.6. The Balaban J connectivity index is 2.60. The molecule has 0 bridgehead atoms. The highest BCUT2D eigenvalue weighted by Crippen LogP contribution is 2.11. The van der Waals surface area contributed by atoms with Crippen LogP contribution < -0.4 is 5.32 Å². The Kier molecular flexibility index (Phi) is 4.83. The molecule has 16 heavy (non-hydrogen) atoms. The predicted octanol–water partition coefficient (Wildman–Crippen LogP) is 3.07. The van der Waals surface area contributed by atoms with Gasteiger partial charge in [0.2, 0.25) is 0 Å². The lowest BCUT2D eigenvalue weighted by Gasteiger charge is -2.09. The van der Waals surface area contributed by atoms with Gasteiger partial charge in [0.05, 0.1) is 11.7 Å². The molecule has 3 nitrogen and oxygen atoms in total. The van der Waals surface area contributed by atoms with Gasteiger partial charge in [0.25, 0.3) is 0 Å². The molecule has 0 unspecified atom stereocenters. The first-order chi connectivity index (χ1) is 7.63. The molecule has 0 aliphatic heterocycles. The average Bonchev–Trinajstić information content (AvgIpc) is 2.26. The number of benzene rings is 1. The molecule has 1 aromatic carbocycles. The van der Waals surface area contributed by atoms with Crippen LogP contribution >= 0.6 is 0 Å². The Labute approximate surface area is 96.8 Å². The van der Waals surface area contributed by atoms with Crippen LogP contribution in [0.15, 0.2) is 24.3 Å². The lowest BCUT2D eigenvalue weighted by molar-refractivity contribution is 0.0378. The van der Waals surface area contributed by atoms with Crippen molar-refractivity contribution in [1.29, 1.82) is 0 Å². The second-order valence-corrected chi connectivity index (χ2v) is 3.96. The standard InChI is InChI=1S/C13H19NO2/c1-4-9-14-12-7-5-11(6-8-12)13(15)16-10(2)3/h5-8,10,14H,4,9H2,1-3H3. The van der Waals surface area contributed by atoms with Gasteiger partial charge in [-0.15, -0.1) is 0 Å². The zero-order valence-electron chi connectivity index (χ0n) is 10.1. The van der Waals surface area contributed by atoms with E-state index in [0.29, 0.717) is 5.56 Å². The van der Waals surface area contributed by atoms with Gasteiger partial charge >= 0.3 is 5.97 Å². The Morgan fingerprint density at radius 1 is 1.31 bits per heavy atom. The maximum Gasteiger partial charge on any atom is 0.338 e. The van der Waals surface area contributed by atoms with Crippen molar-refractivity contribution in [1.82, 2.24) is 0 Å². The highest BCUT2D eigenvalue weighted by molar-refractivity contribution is 5.89. The average molecular weight is 221 g/mol. The summed E-state index contributed by atoms with van der Waals surface area (Å²) in [6.07, 6.45) is 1.00. The molecule has 0 radical (unpaired) electrons. The summed E-state index contributed by atoms with van der Waals surface area (Å²) in [7, 11) is 0. The number of carbonyl (C=O) groups is 1. The minimum atomic E-state index is -0.267. The molecule has 0 atom stereocenters. The largest absolute Gasteiger partial charge is 0.459 e. The molecule has 0 fully saturated rings. The van der Waals surface area contributed by atoms with E-state index in [-0.39, 0.29) is 12.1 Å². The first-order valence-corrected chi connectivity index (χ1v) is 5.68. The number of esters is 1. The Morgan fingerprint density at radius 3 is 2.44 bits per heavy atom. The molecule has 0 spiro atoms. The molecule has 1 N–H and O–H groups in total. The molecular formula is C13H19NO2. The van der Waals surface area contributed by atoms with Gasteiger partial charge in [-0.25, -0.2) is 4.79 Å². The van der Waals surface area contributed by atoms with Crippen LogP contribution in [-0.2, 0) is 4.74 Å². The van der Waals surface area contributed by atoms with E-state index in [1.165, 1.54) is 0 Å². The van der Waals surface area contributed by atoms with E-state index in [9.17, 15) is 4.79 Å². The summed E-state index contributed by atoms with van der Waals surface area (Å²) in [6, 6.07) is 7.35. The summed E-state index contributed by atoms with van der Waals surface area (Å²) >= 11 is 0. The van der Waals surface area contributed by atoms with E-state index in [1.54, 1.807) is 12.1 Å². The zero-order valence-corrected chi connectivity index (χ0v) is 10.1. The molecule has 3 heteroatoms. The summed E-state index contributed by atoms with van der Waals surface area (Å²) < 4.78 is 5.10. The summed E-state index contributed by atoms with van der Waals surface area (Å²) in [5.74, 6) is -0.267. The third kappa shape index (κ3) is 3.93. The number of ether oxygens (including phenoxy) is 1. The maximum atomic E-state index is 11.5. The van der Waals surface area contributed by atoms with Crippen molar-refractivity contribution in [3.8, 4) is 0 Å². The maximum absolute atomic E-state index is 11.5. The topological polar surface area (TPSA) is 38.3 Å². The highest BCUT2D eigenvalue weighted by atomic mass is 16.5. The summed E-state index contributed by atoms with van der Waals surface area (Å²) in [5, 5.41) is 3.25. The smallest absolute Gasteiger partial charge is 0.338 e. The normalized spacial score (nSPS) is 10.2. The quantitative estimate of drug-likeness (QED) is 0.776. The minimum Gasteiger partial charge on any atom is -0.459 e. The second-order valence-electron chi connectivity index (χ2n) is 3.96. The van der Waals surface area contributed by atoms with Crippen LogP contribution in [0.4, 0.5) is 5.69 Å². The Hall–Kier alpha value is -1.51. The molecule has 0 saturated carbocycles. The van der Waals surface area contributed by atoms with E-state index in [0.717, 1.165) is 18.7 Å². The van der Waals surface area contributed by atoms with Crippen LogP contribution in [-0.4, -0.2) is 18.6 Å². The number of hydrogen-bond donors (Lipinski definition) is 1. The highest BCUT2D eigenvalue weighted by Gasteiger charge is 2.08. The van der Waals surface area contributed by atoms with Crippen molar-refractivity contribution in [2.24, 2.45) is 0 Å². The second kappa shape index (κ2) is 6.16. The van der Waals surface area contributed by atoms with Crippen molar-refractivity contribution in [3.63, 3.8) is 0 Å². The van der Waals surface area contributed by atoms with Gasteiger partial charge in [-0.2, -0.15) is 0 Å². The van der Waals surface area contributed by atoms with Crippen molar-refractivity contribution in [3.05, 3.63) is 29.8 Å². The number of anilines is 1. The predicted molar refractivity (Wildman–Crippen MR) is 65.8 cm³/mol. The fourth-order valence-corrected chi connectivity index (χ4v) is 1.28. The fourth-order valence-electron chi connectivity index (χ4n) is 1.28. The lowest BCUT2D eigenvalue weighted by Crippen LogP contribution is -2.11. The molecule has 0 amide bonds. The van der Waals surface area contributed by atoms with Gasteiger partial charge in [0.1, 0.15) is 0 Å². The van der Waals surface area contributed by atoms with E-state index in [4.69, 9.17) is 4.74 Å². The molecular weight excluding hydrogens is 202 g/mol. The molecule has 0 aromatic heterocycles. The van der Waals surface area contributed by atoms with Crippen LogP contribution in [0.1, 0.15) is 37.6 Å². The van der Waals surface area contributed by atoms with Crippen molar-refractivity contribution < 1.29 is 9.53 Å². The van der Waals surface area contributed by atoms with Gasteiger partial charge in [0.15, 0.2) is 0 Å². The molecule has 0 aliphatic rings. The number of nitrogens with one attached hydrogen (secondary N) is 1. The van der Waals surface area contributed by atoms with Crippen LogP contribution in [0.2, 0.25) is 0 Å². The van der Waals surface area contributed by atoms with E-state index < -0.39 is 0 Å². The molecule has 1 aromatic rings. The number of rotatable bonds is 5. The van der Waals surface area contributed by atoms with E-state index >= 15 is 0 Å². The third-order valence-electron chi connectivity index (χ3n) is 2.04. The van der Waals surface area contributed by atoms with Crippen molar-refractivity contribution >= 4 is 11.7 Å². The van der Waals surface area contributed by atoms with Crippen molar-refractivity contribution in [2.75, 3.05) is 11.9 Å². The third-order valence-corrected chi connectivity index (χ3v) is 2.04.